The van der Waals surface area contributed by atoms with Crippen molar-refractivity contribution in [3.05, 3.63) is 54.4 Å². The van der Waals surface area contributed by atoms with Crippen LogP contribution in [-0.2, 0) is 0 Å². The summed E-state index contributed by atoms with van der Waals surface area (Å²) >= 11 is 0. The van der Waals surface area contributed by atoms with Gasteiger partial charge in [-0.3, -0.25) is 4.79 Å². The van der Waals surface area contributed by atoms with Gasteiger partial charge in [-0.15, -0.1) is 0 Å². The van der Waals surface area contributed by atoms with E-state index in [4.69, 9.17) is 9.47 Å². The lowest BCUT2D eigenvalue weighted by Crippen LogP contribution is -2.15. The largest absolute Gasteiger partial charge is 0.493 e. The van der Waals surface area contributed by atoms with Crippen molar-refractivity contribution in [3.8, 4) is 11.6 Å². The van der Waals surface area contributed by atoms with Crippen molar-refractivity contribution in [2.75, 3.05) is 19.0 Å². The Morgan fingerprint density at radius 2 is 2.00 bits per heavy atom. The number of nitrogens with one attached hydrogen (secondary N) is 1. The molecule has 1 aromatic heterocycles. The minimum Gasteiger partial charge on any atom is -0.493 e. The van der Waals surface area contributed by atoms with Crippen molar-refractivity contribution in [1.82, 2.24) is 9.97 Å². The van der Waals surface area contributed by atoms with E-state index in [-0.39, 0.29) is 5.91 Å². The Kier molecular flexibility index (Phi) is 4.56. The maximum Gasteiger partial charge on any atom is 0.261 e. The Hall–Kier alpha value is -3.15. The highest BCUT2D eigenvalue weighted by molar-refractivity contribution is 6.14. The van der Waals surface area contributed by atoms with Gasteiger partial charge in [0.2, 0.25) is 5.88 Å². The predicted octanol–water partition coefficient (Wildman–Crippen LogP) is 3.29. The molecule has 0 saturated heterocycles. The number of rotatable bonds is 5. The van der Waals surface area contributed by atoms with Gasteiger partial charge in [0.05, 0.1) is 19.3 Å². The smallest absolute Gasteiger partial charge is 0.261 e. The molecule has 122 valence electrons. The summed E-state index contributed by atoms with van der Waals surface area (Å²) in [5.74, 6) is 0.983. The third kappa shape index (κ3) is 3.12. The summed E-state index contributed by atoms with van der Waals surface area (Å²) < 4.78 is 10.7. The molecule has 0 radical (unpaired) electrons. The van der Waals surface area contributed by atoms with Gasteiger partial charge in [-0.2, -0.15) is 0 Å². The van der Waals surface area contributed by atoms with E-state index in [0.717, 1.165) is 10.8 Å². The molecule has 24 heavy (non-hydrogen) atoms. The van der Waals surface area contributed by atoms with Gasteiger partial charge < -0.3 is 14.8 Å². The molecular formula is C18H17N3O3. The van der Waals surface area contributed by atoms with E-state index in [1.54, 1.807) is 12.1 Å². The van der Waals surface area contributed by atoms with E-state index < -0.39 is 0 Å². The fraction of sp³-hybridized carbons (Fsp3) is 0.167. The van der Waals surface area contributed by atoms with Gasteiger partial charge in [-0.1, -0.05) is 30.3 Å². The monoisotopic (exact) mass is 323 g/mol. The lowest BCUT2D eigenvalue weighted by Gasteiger charge is -2.13. The molecule has 0 atom stereocenters. The van der Waals surface area contributed by atoms with Crippen molar-refractivity contribution in [2.24, 2.45) is 0 Å². The second-order valence-corrected chi connectivity index (χ2v) is 4.99. The molecule has 0 unspecified atom stereocenters. The number of methoxy groups -OCH3 is 1. The molecule has 0 aliphatic carbocycles. The van der Waals surface area contributed by atoms with Crippen LogP contribution in [0.3, 0.4) is 0 Å². The number of carbonyl (C=O) groups excluding carboxylic acids is 1. The molecule has 1 heterocycles. The number of carbonyl (C=O) groups is 1. The van der Waals surface area contributed by atoms with Gasteiger partial charge >= 0.3 is 0 Å². The molecule has 6 heteroatoms. The Bertz CT molecular complexity index is 880. The fourth-order valence-electron chi connectivity index (χ4n) is 2.46. The summed E-state index contributed by atoms with van der Waals surface area (Å²) in [5.41, 5.74) is 0.479. The SMILES string of the molecule is CCOc1ccc2ccccc2c1C(=O)Nc1cc(OC)ncn1. The highest BCUT2D eigenvalue weighted by atomic mass is 16.5. The van der Waals surface area contributed by atoms with Crippen LogP contribution in [0.2, 0.25) is 0 Å². The van der Waals surface area contributed by atoms with Crippen LogP contribution in [0.15, 0.2) is 48.8 Å². The van der Waals surface area contributed by atoms with Crippen LogP contribution in [0.5, 0.6) is 11.6 Å². The first kappa shape index (κ1) is 15.7. The molecule has 0 saturated carbocycles. The van der Waals surface area contributed by atoms with Crippen LogP contribution < -0.4 is 14.8 Å². The van der Waals surface area contributed by atoms with Crippen molar-refractivity contribution in [2.45, 2.75) is 6.92 Å². The average Bonchev–Trinajstić information content (AvgIpc) is 2.61. The molecule has 3 rings (SSSR count). The lowest BCUT2D eigenvalue weighted by molar-refractivity contribution is 0.102. The average molecular weight is 323 g/mol. The molecule has 0 aliphatic rings. The number of nitrogens with zero attached hydrogens (tertiary/aromatic N) is 2. The van der Waals surface area contributed by atoms with Crippen LogP contribution >= 0.6 is 0 Å². The zero-order valence-electron chi connectivity index (χ0n) is 13.4. The van der Waals surface area contributed by atoms with Crippen molar-refractivity contribution < 1.29 is 14.3 Å². The first-order chi connectivity index (χ1) is 11.7. The van der Waals surface area contributed by atoms with E-state index in [9.17, 15) is 4.79 Å². The van der Waals surface area contributed by atoms with Crippen molar-refractivity contribution in [1.29, 1.82) is 0 Å². The second-order valence-electron chi connectivity index (χ2n) is 4.99. The molecule has 0 aliphatic heterocycles. The zero-order valence-corrected chi connectivity index (χ0v) is 13.4. The zero-order chi connectivity index (χ0) is 16.9. The van der Waals surface area contributed by atoms with Gasteiger partial charge in [0.15, 0.2) is 0 Å². The minimum atomic E-state index is -0.295. The van der Waals surface area contributed by atoms with Crippen molar-refractivity contribution in [3.63, 3.8) is 0 Å². The molecular weight excluding hydrogens is 306 g/mol. The molecule has 0 spiro atoms. The van der Waals surface area contributed by atoms with Gasteiger partial charge in [0, 0.05) is 6.07 Å². The van der Waals surface area contributed by atoms with Gasteiger partial charge in [0.25, 0.3) is 5.91 Å². The van der Waals surface area contributed by atoms with Crippen LogP contribution in [0.25, 0.3) is 10.8 Å². The molecule has 0 bridgehead atoms. The maximum absolute atomic E-state index is 12.8. The van der Waals surface area contributed by atoms with Crippen LogP contribution in [0.1, 0.15) is 17.3 Å². The molecule has 1 N–H and O–H groups in total. The number of amides is 1. The summed E-state index contributed by atoms with van der Waals surface area (Å²) in [6, 6.07) is 13.0. The summed E-state index contributed by atoms with van der Waals surface area (Å²) in [6.45, 7) is 2.35. The molecule has 1 amide bonds. The molecule has 0 fully saturated rings. The number of hydrogen-bond acceptors (Lipinski definition) is 5. The number of aromatic nitrogens is 2. The summed E-state index contributed by atoms with van der Waals surface area (Å²) in [4.78, 5) is 20.8. The van der Waals surface area contributed by atoms with Gasteiger partial charge in [-0.25, -0.2) is 9.97 Å². The Morgan fingerprint density at radius 3 is 2.79 bits per heavy atom. The third-order valence-electron chi connectivity index (χ3n) is 3.51. The number of hydrogen-bond donors (Lipinski definition) is 1. The number of ether oxygens (including phenoxy) is 2. The van der Waals surface area contributed by atoms with Crippen LogP contribution in [0.4, 0.5) is 5.82 Å². The summed E-state index contributed by atoms with van der Waals surface area (Å²) in [7, 11) is 1.51. The molecule has 2 aromatic carbocycles. The quantitative estimate of drug-likeness (QED) is 0.780. The van der Waals surface area contributed by atoms with Gasteiger partial charge in [0.1, 0.15) is 17.9 Å². The Labute approximate surface area is 139 Å². The van der Waals surface area contributed by atoms with Crippen molar-refractivity contribution >= 4 is 22.5 Å². The first-order valence-corrected chi connectivity index (χ1v) is 7.55. The normalized spacial score (nSPS) is 10.4. The second kappa shape index (κ2) is 6.95. The summed E-state index contributed by atoms with van der Waals surface area (Å²) in [6.07, 6.45) is 1.33. The standard InChI is InChI=1S/C18H17N3O3/c1-3-24-14-9-8-12-6-4-5-7-13(12)17(14)18(22)21-15-10-16(23-2)20-11-19-15/h4-11H,3H2,1-2H3,(H,19,20,21,22). The van der Waals surface area contributed by atoms with Crippen LogP contribution in [0, 0.1) is 0 Å². The topological polar surface area (TPSA) is 73.3 Å². The number of anilines is 1. The highest BCUT2D eigenvalue weighted by Gasteiger charge is 2.17. The lowest BCUT2D eigenvalue weighted by atomic mass is 10.0. The van der Waals surface area contributed by atoms with E-state index in [1.165, 1.54) is 13.4 Å². The minimum absolute atomic E-state index is 0.295. The maximum atomic E-state index is 12.8. The van der Waals surface area contributed by atoms with E-state index in [0.29, 0.717) is 29.6 Å². The Balaban J connectivity index is 2.02. The number of fused-ring (bicyclic) bond motifs is 1. The Morgan fingerprint density at radius 1 is 1.17 bits per heavy atom. The van der Waals surface area contributed by atoms with E-state index >= 15 is 0 Å². The van der Waals surface area contributed by atoms with E-state index in [1.807, 2.05) is 37.3 Å². The summed E-state index contributed by atoms with van der Waals surface area (Å²) in [5, 5.41) is 4.56. The predicted molar refractivity (Wildman–Crippen MR) is 91.7 cm³/mol. The molecule has 6 nitrogen and oxygen atoms in total. The molecule has 3 aromatic rings. The van der Waals surface area contributed by atoms with E-state index in [2.05, 4.69) is 15.3 Å². The fourth-order valence-corrected chi connectivity index (χ4v) is 2.46. The third-order valence-corrected chi connectivity index (χ3v) is 3.51. The number of benzene rings is 2. The highest BCUT2D eigenvalue weighted by Crippen LogP contribution is 2.29. The van der Waals surface area contributed by atoms with Gasteiger partial charge in [-0.05, 0) is 23.8 Å². The van der Waals surface area contributed by atoms with Crippen LogP contribution in [-0.4, -0.2) is 29.6 Å². The first-order valence-electron chi connectivity index (χ1n) is 7.55.